The number of nitrogens with one attached hydrogen (secondary N) is 3. The number of aliphatic hydroxyl groups is 1. The van der Waals surface area contributed by atoms with E-state index >= 15 is 4.39 Å². The van der Waals surface area contributed by atoms with Gasteiger partial charge in [0.15, 0.2) is 17.4 Å². The van der Waals surface area contributed by atoms with Gasteiger partial charge in [0, 0.05) is 71.3 Å². The number of amides is 2. The van der Waals surface area contributed by atoms with Crippen molar-refractivity contribution in [2.24, 2.45) is 18.9 Å². The highest BCUT2D eigenvalue weighted by molar-refractivity contribution is 7.10. The molecule has 6 heterocycles. The summed E-state index contributed by atoms with van der Waals surface area (Å²) in [5.41, 5.74) is 2.22. The molecule has 25 heteroatoms. The molecule has 0 saturated heterocycles. The van der Waals surface area contributed by atoms with Gasteiger partial charge in [0.2, 0.25) is 17.6 Å². The van der Waals surface area contributed by atoms with E-state index in [2.05, 4.69) is 31.1 Å². The predicted octanol–water partition coefficient (Wildman–Crippen LogP) is 7.71. The molecule has 4 atom stereocenters. The second-order valence-corrected chi connectivity index (χ2v) is 25.9. The van der Waals surface area contributed by atoms with E-state index in [9.17, 15) is 33.9 Å². The molecule has 2 amide bonds. The Labute approximate surface area is 543 Å². The van der Waals surface area contributed by atoms with Crippen LogP contribution in [0.25, 0.3) is 27.7 Å². The van der Waals surface area contributed by atoms with E-state index < -0.39 is 30.1 Å². The molecule has 2 aliphatic carbocycles. The first-order valence-electron chi connectivity index (χ1n) is 32.1. The summed E-state index contributed by atoms with van der Waals surface area (Å²) in [4.78, 5) is 92.5. The van der Waals surface area contributed by atoms with Crippen molar-refractivity contribution in [2.75, 3.05) is 78.4 Å². The lowest BCUT2D eigenvalue weighted by molar-refractivity contribution is -0.134. The number of aromatic nitrogens is 7. The number of benzene rings is 2. The molecule has 5 aromatic heterocycles. The molecule has 2 saturated carbocycles. The lowest BCUT2D eigenvalue weighted by Gasteiger charge is -2.33. The number of carbonyl (C=O) groups excluding carboxylic acids is 4. The molecule has 496 valence electrons. The van der Waals surface area contributed by atoms with Gasteiger partial charge in [0.25, 0.3) is 11.1 Å². The highest BCUT2D eigenvalue weighted by Crippen LogP contribution is 2.43. The number of ketones is 2. The molecule has 23 nitrogen and oxygen atoms in total. The van der Waals surface area contributed by atoms with Gasteiger partial charge in [0.05, 0.1) is 113 Å². The molecule has 1 unspecified atom stereocenters. The van der Waals surface area contributed by atoms with Gasteiger partial charge in [-0.3, -0.25) is 33.4 Å². The number of carbonyl (C=O) groups is 4. The van der Waals surface area contributed by atoms with Crippen LogP contribution in [-0.2, 0) is 65.5 Å². The Morgan fingerprint density at radius 2 is 1.58 bits per heavy atom. The lowest BCUT2D eigenvalue weighted by atomic mass is 9.77. The highest BCUT2D eigenvalue weighted by Gasteiger charge is 2.42. The Morgan fingerprint density at radius 1 is 0.849 bits per heavy atom. The number of hydrogen-bond acceptors (Lipinski definition) is 19. The van der Waals surface area contributed by atoms with Crippen LogP contribution in [0.1, 0.15) is 129 Å². The maximum absolute atomic E-state index is 15.6. The first-order valence-corrected chi connectivity index (χ1v) is 33.0. The van der Waals surface area contributed by atoms with Gasteiger partial charge in [0.1, 0.15) is 29.6 Å². The molecule has 3 aliphatic rings. The van der Waals surface area contributed by atoms with Crippen molar-refractivity contribution in [3.05, 3.63) is 138 Å². The molecule has 2 aromatic carbocycles. The minimum atomic E-state index is -0.734. The number of pyridine rings is 2. The monoisotopic (exact) mass is 1300 g/mol. The second kappa shape index (κ2) is 31.3. The number of fused-ring (bicyclic) bond motifs is 2. The molecule has 1 aliphatic heterocycles. The topological polar surface area (TPSA) is 274 Å². The molecule has 10 rings (SSSR count). The summed E-state index contributed by atoms with van der Waals surface area (Å²) in [6, 6.07) is 14.2. The van der Waals surface area contributed by atoms with Gasteiger partial charge in [-0.15, -0.1) is 11.3 Å². The number of rotatable bonds is 30. The first kappa shape index (κ1) is 68.0. The van der Waals surface area contributed by atoms with Crippen molar-refractivity contribution in [1.29, 1.82) is 0 Å². The van der Waals surface area contributed by atoms with E-state index in [0.29, 0.717) is 111 Å². The van der Waals surface area contributed by atoms with Crippen molar-refractivity contribution in [3.8, 4) is 22.7 Å². The van der Waals surface area contributed by atoms with Crippen LogP contribution < -0.4 is 31.8 Å². The fourth-order valence-corrected chi connectivity index (χ4v) is 13.4. The molecule has 7 aromatic rings. The van der Waals surface area contributed by atoms with Crippen LogP contribution in [0, 0.1) is 17.7 Å². The summed E-state index contributed by atoms with van der Waals surface area (Å²) in [5, 5.41) is 31.7. The number of anilines is 2. The number of likely N-dealkylation sites (N-methyl/N-ethyl adjacent to an activating group) is 1. The van der Waals surface area contributed by atoms with Crippen LogP contribution >= 0.6 is 11.3 Å². The maximum atomic E-state index is 15.6. The van der Waals surface area contributed by atoms with Gasteiger partial charge < -0.3 is 54.2 Å². The Morgan fingerprint density at radius 3 is 2.30 bits per heavy atom. The van der Waals surface area contributed by atoms with E-state index in [1.807, 2.05) is 20.8 Å². The van der Waals surface area contributed by atoms with Crippen molar-refractivity contribution in [1.82, 2.24) is 49.6 Å². The van der Waals surface area contributed by atoms with E-state index in [0.717, 1.165) is 66.7 Å². The summed E-state index contributed by atoms with van der Waals surface area (Å²) in [6.45, 7) is 11.1. The Balaban J connectivity index is 0.598. The molecule has 4 N–H and O–H groups in total. The third kappa shape index (κ3) is 16.5. The number of aryl methyl sites for hydroxylation is 1. The average molecular weight is 1300 g/mol. The van der Waals surface area contributed by atoms with Crippen LogP contribution in [-0.4, -0.2) is 153 Å². The zero-order chi connectivity index (χ0) is 65.8. The van der Waals surface area contributed by atoms with Crippen molar-refractivity contribution in [3.63, 3.8) is 0 Å². The van der Waals surface area contributed by atoms with Crippen molar-refractivity contribution >= 4 is 57.0 Å². The van der Waals surface area contributed by atoms with Gasteiger partial charge in [-0.2, -0.15) is 14.9 Å². The molecule has 0 bridgehead atoms. The summed E-state index contributed by atoms with van der Waals surface area (Å²) in [6.07, 6.45) is 12.2. The quantitative estimate of drug-likeness (QED) is 0.0248. The number of nitrogens with zero attached hydrogens (tertiary/aromatic N) is 8. The number of hydrogen-bond donors (Lipinski definition) is 4. The zero-order valence-corrected chi connectivity index (χ0v) is 54.6. The molecule has 93 heavy (non-hydrogen) atoms. The second-order valence-electron chi connectivity index (χ2n) is 25.0. The summed E-state index contributed by atoms with van der Waals surface area (Å²) in [5.74, 6) is -0.352. The van der Waals surface area contributed by atoms with Crippen molar-refractivity contribution < 1.29 is 52.4 Å². The molecule has 0 spiro atoms. The highest BCUT2D eigenvalue weighted by atomic mass is 32.1. The predicted molar refractivity (Wildman–Crippen MR) is 349 cm³/mol. The molecular weight excluding hydrogens is 1210 g/mol. The SMILES string of the molecule is CN[C@@H](C)C(=O)N[C@H](C(=O)C1CCC[C@H]1c1nc(C(=O)c2cccc(OCCOCCOCCOCCOCCC(=O)N3CCn4nc(Nc5cc(-c6ccnc(-n7ncc8cc(C(C)(C)C)cc(F)c8c7=O)c6CO)cn(C)c5=O)cc4C3)c2)cs1)C1CCCCC1. The lowest BCUT2D eigenvalue weighted by Crippen LogP contribution is -2.53. The van der Waals surface area contributed by atoms with E-state index in [1.54, 1.807) is 90.7 Å². The van der Waals surface area contributed by atoms with Crippen LogP contribution in [0.3, 0.4) is 0 Å². The third-order valence-electron chi connectivity index (χ3n) is 17.7. The number of ether oxygens (including phenoxy) is 5. The molecule has 2 fully saturated rings. The first-order chi connectivity index (χ1) is 44.9. The minimum absolute atomic E-state index is 0.0141. The average Bonchev–Trinajstić information content (AvgIpc) is 1.35. The number of aliphatic hydroxyl groups excluding tert-OH is 1. The van der Waals surface area contributed by atoms with Crippen LogP contribution in [0.5, 0.6) is 5.75 Å². The van der Waals surface area contributed by atoms with Crippen LogP contribution in [0.4, 0.5) is 15.9 Å². The van der Waals surface area contributed by atoms with Crippen LogP contribution in [0.2, 0.25) is 0 Å². The van der Waals surface area contributed by atoms with Crippen LogP contribution in [0.15, 0.2) is 88.2 Å². The van der Waals surface area contributed by atoms with Gasteiger partial charge >= 0.3 is 0 Å². The Kier molecular flexibility index (Phi) is 22.9. The number of Topliss-reactive ketones (excluding diaryl/α,β-unsaturated/α-hetero) is 1. The molecular formula is C68H84FN11O12S. The summed E-state index contributed by atoms with van der Waals surface area (Å²) < 4.78 is 48.3. The summed E-state index contributed by atoms with van der Waals surface area (Å²) >= 11 is 1.42. The Hall–Kier alpha value is -7.91. The van der Waals surface area contributed by atoms with E-state index in [1.165, 1.54) is 34.4 Å². The largest absolute Gasteiger partial charge is 0.491 e. The molecule has 0 radical (unpaired) electrons. The zero-order valence-electron chi connectivity index (χ0n) is 53.8. The number of thiazole rings is 1. The van der Waals surface area contributed by atoms with Gasteiger partial charge in [-0.05, 0) is 98.5 Å². The normalized spacial score (nSPS) is 16.7. The Bertz CT molecular complexity index is 3910. The number of halogens is 1. The van der Waals surface area contributed by atoms with Gasteiger partial charge in [-0.1, -0.05) is 58.6 Å². The van der Waals surface area contributed by atoms with E-state index in [4.69, 9.17) is 28.7 Å². The van der Waals surface area contributed by atoms with Crippen molar-refractivity contribution in [2.45, 2.75) is 129 Å². The fraction of sp³-hybridized carbons (Fsp3) is 0.500. The minimum Gasteiger partial charge on any atom is -0.491 e. The fourth-order valence-electron chi connectivity index (χ4n) is 12.4. The smallest absolute Gasteiger partial charge is 0.283 e. The van der Waals surface area contributed by atoms with E-state index in [-0.39, 0.29) is 94.2 Å². The third-order valence-corrected chi connectivity index (χ3v) is 18.7. The maximum Gasteiger partial charge on any atom is 0.283 e. The summed E-state index contributed by atoms with van der Waals surface area (Å²) in [7, 11) is 3.33. The standard InChI is InChI=1S/C68H84FN11O12S/c1-42(70-5)64(85)75-60(43-12-8-7-9-13-43)62(84)51-16-11-17-52(51)65-74-56(41-93-65)61(83)44-14-10-15-49(33-44)92-31-30-91-29-28-90-27-26-89-25-24-88-23-19-58(82)78-21-22-79-48(39-78)36-57(76-79)73-55-34-46(38-77(6)66(55)86)50-18-20-71-63(53(50)40-81)80-67(87)59-45(37-72-80)32-47(35-54(59)69)68(2,3)4/h10,14-15,18,20,32-38,41-43,51-52,60,70,81H,7-9,11-13,16-17,19,21-31,39-40H2,1-6H3,(H,73,76)(H,75,85)/t42-,51?,52+,60-/m0/s1. The van der Waals surface area contributed by atoms with Gasteiger partial charge in [-0.25, -0.2) is 14.4 Å².